The summed E-state index contributed by atoms with van der Waals surface area (Å²) in [6.07, 6.45) is 3.49. The van der Waals surface area contributed by atoms with Crippen LogP contribution in [0.4, 0.5) is 9.18 Å². The molecule has 2 aliphatic rings. The number of aromatic nitrogens is 3. The molecule has 192 valence electrons. The summed E-state index contributed by atoms with van der Waals surface area (Å²) < 4.78 is 25.3. The minimum atomic E-state index is -1.28. The first-order valence-electron chi connectivity index (χ1n) is 12.6. The Balaban J connectivity index is 1.21. The number of rotatable bonds is 7. The van der Waals surface area contributed by atoms with E-state index >= 15 is 0 Å². The highest BCUT2D eigenvalue weighted by atomic mass is 19.1. The van der Waals surface area contributed by atoms with Gasteiger partial charge in [0.1, 0.15) is 11.6 Å². The van der Waals surface area contributed by atoms with Gasteiger partial charge in [-0.2, -0.15) is 0 Å². The fourth-order valence-electron chi connectivity index (χ4n) is 5.65. The molecule has 9 nitrogen and oxygen atoms in total. The fourth-order valence-corrected chi connectivity index (χ4v) is 5.65. The number of aryl methyl sites for hydroxylation is 1. The summed E-state index contributed by atoms with van der Waals surface area (Å²) in [6.45, 7) is 5.21. The van der Waals surface area contributed by atoms with Crippen molar-refractivity contribution in [3.63, 3.8) is 0 Å². The van der Waals surface area contributed by atoms with E-state index in [2.05, 4.69) is 14.8 Å². The van der Waals surface area contributed by atoms with Crippen LogP contribution in [0.5, 0.6) is 0 Å². The van der Waals surface area contributed by atoms with E-state index in [1.54, 1.807) is 10.6 Å². The van der Waals surface area contributed by atoms with Crippen molar-refractivity contribution in [2.24, 2.45) is 0 Å². The predicted octanol–water partition coefficient (Wildman–Crippen LogP) is 4.22. The zero-order chi connectivity index (χ0) is 25.2. The molecule has 1 aromatic carbocycles. The summed E-state index contributed by atoms with van der Waals surface area (Å²) in [7, 11) is 0. The van der Waals surface area contributed by atoms with Gasteiger partial charge in [0, 0.05) is 47.6 Å². The number of hydrogen-bond donors (Lipinski definition) is 1. The third kappa shape index (κ3) is 5.00. The largest absolute Gasteiger partial charge is 0.505 e. The zero-order valence-electron chi connectivity index (χ0n) is 20.4. The van der Waals surface area contributed by atoms with E-state index in [1.165, 1.54) is 12.1 Å². The van der Waals surface area contributed by atoms with Crippen LogP contribution in [0.15, 0.2) is 27.5 Å². The van der Waals surface area contributed by atoms with Crippen molar-refractivity contribution in [1.29, 1.82) is 0 Å². The first-order valence-corrected chi connectivity index (χ1v) is 12.6. The van der Waals surface area contributed by atoms with Gasteiger partial charge >= 0.3 is 6.16 Å². The van der Waals surface area contributed by atoms with Crippen LogP contribution in [0.3, 0.4) is 0 Å². The number of benzene rings is 1. The quantitative estimate of drug-likeness (QED) is 0.482. The monoisotopic (exact) mass is 498 g/mol. The second kappa shape index (κ2) is 10.4. The summed E-state index contributed by atoms with van der Waals surface area (Å²) in [5.41, 5.74) is 2.93. The molecular formula is C26H31FN4O5. The van der Waals surface area contributed by atoms with Crippen molar-refractivity contribution in [3.8, 4) is 0 Å². The molecule has 2 aromatic heterocycles. The molecule has 36 heavy (non-hydrogen) atoms. The van der Waals surface area contributed by atoms with Gasteiger partial charge in [0.05, 0.1) is 12.3 Å². The molecule has 0 bridgehead atoms. The van der Waals surface area contributed by atoms with Crippen molar-refractivity contribution >= 4 is 17.1 Å². The van der Waals surface area contributed by atoms with Crippen molar-refractivity contribution in [1.82, 2.24) is 19.6 Å². The number of fused-ring (bicyclic) bond motifs is 2. The van der Waals surface area contributed by atoms with Gasteiger partial charge in [-0.1, -0.05) is 5.16 Å². The van der Waals surface area contributed by atoms with Gasteiger partial charge in [0.2, 0.25) is 0 Å². The highest BCUT2D eigenvalue weighted by Gasteiger charge is 2.27. The molecule has 0 spiro atoms. The van der Waals surface area contributed by atoms with Crippen LogP contribution in [-0.2, 0) is 17.7 Å². The predicted molar refractivity (Wildman–Crippen MR) is 130 cm³/mol. The topological polar surface area (TPSA) is 111 Å². The highest BCUT2D eigenvalue weighted by molar-refractivity contribution is 5.79. The number of carboxylic acid groups (broad SMARTS) is 1. The van der Waals surface area contributed by atoms with Crippen LogP contribution < -0.4 is 5.56 Å². The molecule has 0 aliphatic carbocycles. The maximum Gasteiger partial charge on any atom is 0.505 e. The molecule has 1 unspecified atom stereocenters. The molecule has 0 radical (unpaired) electrons. The Kier molecular flexibility index (Phi) is 7.04. The number of ether oxygens (including phenoxy) is 1. The molecule has 10 heteroatoms. The summed E-state index contributed by atoms with van der Waals surface area (Å²) in [5, 5.41) is 13.8. The van der Waals surface area contributed by atoms with Gasteiger partial charge in [-0.3, -0.25) is 9.36 Å². The van der Waals surface area contributed by atoms with Gasteiger partial charge in [0.25, 0.3) is 5.56 Å². The Hall–Kier alpha value is -3.27. The number of nitrogens with zero attached hydrogens (tertiary/aromatic N) is 4. The second-order valence-corrected chi connectivity index (χ2v) is 9.81. The van der Waals surface area contributed by atoms with Gasteiger partial charge < -0.3 is 19.3 Å². The molecule has 1 atom stereocenters. The first-order chi connectivity index (χ1) is 17.4. The van der Waals surface area contributed by atoms with Crippen LogP contribution >= 0.6 is 0 Å². The van der Waals surface area contributed by atoms with Crippen LogP contribution in [-0.4, -0.2) is 57.1 Å². The molecule has 2 aliphatic heterocycles. The lowest BCUT2D eigenvalue weighted by molar-refractivity contribution is 0.0876. The molecule has 0 amide bonds. The van der Waals surface area contributed by atoms with E-state index in [4.69, 9.17) is 14.6 Å². The van der Waals surface area contributed by atoms with Gasteiger partial charge in [-0.25, -0.2) is 14.2 Å². The Morgan fingerprint density at radius 3 is 2.83 bits per heavy atom. The summed E-state index contributed by atoms with van der Waals surface area (Å²) in [4.78, 5) is 31.2. The lowest BCUT2D eigenvalue weighted by Gasteiger charge is -2.31. The molecule has 1 fully saturated rings. The molecule has 1 saturated heterocycles. The lowest BCUT2D eigenvalue weighted by Crippen LogP contribution is -2.38. The van der Waals surface area contributed by atoms with Crippen LogP contribution in [0.1, 0.15) is 66.7 Å². The first kappa shape index (κ1) is 24.4. The standard InChI is InChI=1S/C26H31FN4O5/c1-16-20(25(32)31-10-2-3-18(24(31)28-16)9-14-35-26(33)34)8-13-30-11-6-17(7-12-30)23-21-5-4-19(27)15-22(21)36-29-23/h4-5,15,17-18H,2-3,6-14H2,1H3,(H,33,34). The summed E-state index contributed by atoms with van der Waals surface area (Å²) in [6, 6.07) is 4.56. The summed E-state index contributed by atoms with van der Waals surface area (Å²) in [5.74, 6) is 0.724. The third-order valence-corrected chi connectivity index (χ3v) is 7.60. The van der Waals surface area contributed by atoms with Crippen LogP contribution in [0, 0.1) is 12.7 Å². The molecule has 4 heterocycles. The zero-order valence-corrected chi connectivity index (χ0v) is 20.4. The Bertz CT molecular complexity index is 1310. The van der Waals surface area contributed by atoms with Crippen molar-refractivity contribution in [2.45, 2.75) is 63.8 Å². The van der Waals surface area contributed by atoms with Gasteiger partial charge in [-0.05, 0) is 70.7 Å². The Morgan fingerprint density at radius 1 is 1.25 bits per heavy atom. The Morgan fingerprint density at radius 2 is 2.06 bits per heavy atom. The van der Waals surface area contributed by atoms with E-state index in [9.17, 15) is 14.0 Å². The average Bonchev–Trinajstić information content (AvgIpc) is 3.27. The van der Waals surface area contributed by atoms with E-state index in [-0.39, 0.29) is 29.8 Å². The number of carbonyl (C=O) groups is 1. The van der Waals surface area contributed by atoms with Crippen molar-refractivity contribution < 1.29 is 23.6 Å². The maximum atomic E-state index is 13.5. The minimum absolute atomic E-state index is 0.0255. The highest BCUT2D eigenvalue weighted by Crippen LogP contribution is 2.33. The smallest absolute Gasteiger partial charge is 0.450 e. The second-order valence-electron chi connectivity index (χ2n) is 9.81. The molecule has 5 rings (SSSR count). The van der Waals surface area contributed by atoms with Crippen LogP contribution in [0.2, 0.25) is 0 Å². The molecule has 3 aromatic rings. The maximum absolute atomic E-state index is 13.5. The number of hydrogen-bond acceptors (Lipinski definition) is 7. The van der Waals surface area contributed by atoms with Crippen molar-refractivity contribution in [3.05, 3.63) is 57.1 Å². The van der Waals surface area contributed by atoms with E-state index in [1.807, 2.05) is 6.92 Å². The number of halogens is 1. The molecule has 0 saturated carbocycles. The number of likely N-dealkylation sites (tertiary alicyclic amines) is 1. The van der Waals surface area contributed by atoms with Crippen molar-refractivity contribution in [2.75, 3.05) is 26.2 Å². The number of piperidine rings is 1. The SMILES string of the molecule is Cc1nc2n(c(=O)c1CCN1CCC(c3noc4cc(F)ccc34)CC1)CCCC2CCOC(=O)O. The van der Waals surface area contributed by atoms with E-state index in [0.717, 1.165) is 73.5 Å². The fraction of sp³-hybridized carbons (Fsp3) is 0.538. The van der Waals surface area contributed by atoms with Gasteiger partial charge in [0.15, 0.2) is 5.58 Å². The third-order valence-electron chi connectivity index (χ3n) is 7.60. The lowest BCUT2D eigenvalue weighted by atomic mass is 9.91. The molecule has 1 N–H and O–H groups in total. The Labute approximate surface area is 207 Å². The summed E-state index contributed by atoms with van der Waals surface area (Å²) >= 11 is 0. The van der Waals surface area contributed by atoms with E-state index in [0.29, 0.717) is 25.0 Å². The average molecular weight is 499 g/mol. The van der Waals surface area contributed by atoms with E-state index < -0.39 is 6.16 Å². The normalized spacial score (nSPS) is 18.9. The van der Waals surface area contributed by atoms with Gasteiger partial charge in [-0.15, -0.1) is 0 Å². The minimum Gasteiger partial charge on any atom is -0.450 e. The van der Waals surface area contributed by atoms with Crippen LogP contribution in [0.25, 0.3) is 11.0 Å². The molecular weight excluding hydrogens is 467 g/mol.